The molecule has 6 heteroatoms. The minimum Gasteiger partial charge on any atom is -0.372 e. The molecule has 0 atom stereocenters. The first-order valence-corrected chi connectivity index (χ1v) is 10.8. The Labute approximate surface area is 176 Å². The van der Waals surface area contributed by atoms with Gasteiger partial charge in [-0.15, -0.1) is 0 Å². The Kier molecular flexibility index (Phi) is 7.25. The fourth-order valence-electron chi connectivity index (χ4n) is 3.10. The van der Waals surface area contributed by atoms with Crippen LogP contribution in [0.4, 0.5) is 5.69 Å². The van der Waals surface area contributed by atoms with Crippen molar-refractivity contribution in [1.82, 2.24) is 10.4 Å². The summed E-state index contributed by atoms with van der Waals surface area (Å²) < 4.78 is 0. The molecule has 0 saturated carbocycles. The van der Waals surface area contributed by atoms with Crippen molar-refractivity contribution in [2.75, 3.05) is 23.7 Å². The number of amides is 1. The topological polar surface area (TPSA) is 57.6 Å². The van der Waals surface area contributed by atoms with Crippen molar-refractivity contribution in [2.45, 2.75) is 25.8 Å². The molecule has 0 radical (unpaired) electrons. The SMILES string of the molecule is CCN(CC)c1ccc(C=NNC(=O)CSc2cc(C)c3ccccc3n2)cc1. The number of para-hydroxylation sites is 1. The quantitative estimate of drug-likeness (QED) is 0.337. The van der Waals surface area contributed by atoms with E-state index in [0.717, 1.165) is 40.1 Å². The van der Waals surface area contributed by atoms with Crippen molar-refractivity contribution in [2.24, 2.45) is 5.10 Å². The number of nitrogens with zero attached hydrogens (tertiary/aromatic N) is 3. The molecule has 0 unspecified atom stereocenters. The molecule has 1 amide bonds. The number of carbonyl (C=O) groups is 1. The summed E-state index contributed by atoms with van der Waals surface area (Å²) in [7, 11) is 0. The molecule has 0 aliphatic rings. The van der Waals surface area contributed by atoms with E-state index >= 15 is 0 Å². The van der Waals surface area contributed by atoms with Crippen LogP contribution in [0.1, 0.15) is 25.0 Å². The minimum atomic E-state index is -0.154. The number of pyridine rings is 1. The van der Waals surface area contributed by atoms with Gasteiger partial charge in [0.2, 0.25) is 5.91 Å². The normalized spacial score (nSPS) is 11.1. The summed E-state index contributed by atoms with van der Waals surface area (Å²) in [5, 5.41) is 6.04. The number of rotatable bonds is 8. The molecule has 5 nitrogen and oxygen atoms in total. The molecule has 0 fully saturated rings. The van der Waals surface area contributed by atoms with Crippen LogP contribution in [0.3, 0.4) is 0 Å². The van der Waals surface area contributed by atoms with Crippen molar-refractivity contribution in [3.63, 3.8) is 0 Å². The lowest BCUT2D eigenvalue weighted by atomic mass is 10.1. The lowest BCUT2D eigenvalue weighted by Crippen LogP contribution is -2.21. The van der Waals surface area contributed by atoms with Crippen molar-refractivity contribution in [1.29, 1.82) is 0 Å². The van der Waals surface area contributed by atoms with Gasteiger partial charge in [0.15, 0.2) is 0 Å². The van der Waals surface area contributed by atoms with E-state index < -0.39 is 0 Å². The molecule has 0 aliphatic heterocycles. The van der Waals surface area contributed by atoms with Gasteiger partial charge in [-0.2, -0.15) is 5.10 Å². The number of hydrogen-bond donors (Lipinski definition) is 1. The average Bonchev–Trinajstić information content (AvgIpc) is 2.74. The molecule has 0 saturated heterocycles. The monoisotopic (exact) mass is 406 g/mol. The van der Waals surface area contributed by atoms with E-state index in [4.69, 9.17) is 0 Å². The predicted molar refractivity (Wildman–Crippen MR) is 123 cm³/mol. The number of carbonyl (C=O) groups excluding carboxylic acids is 1. The van der Waals surface area contributed by atoms with Crippen molar-refractivity contribution >= 4 is 40.5 Å². The number of aryl methyl sites for hydroxylation is 1. The maximum Gasteiger partial charge on any atom is 0.250 e. The second-order valence-corrected chi connectivity index (χ2v) is 7.64. The van der Waals surface area contributed by atoms with Gasteiger partial charge in [0.25, 0.3) is 0 Å². The summed E-state index contributed by atoms with van der Waals surface area (Å²) in [6.07, 6.45) is 1.66. The second kappa shape index (κ2) is 10.1. The number of hydrogen-bond acceptors (Lipinski definition) is 5. The van der Waals surface area contributed by atoms with E-state index in [2.05, 4.69) is 59.4 Å². The smallest absolute Gasteiger partial charge is 0.250 e. The van der Waals surface area contributed by atoms with Gasteiger partial charge in [-0.3, -0.25) is 4.79 Å². The summed E-state index contributed by atoms with van der Waals surface area (Å²) >= 11 is 1.41. The highest BCUT2D eigenvalue weighted by atomic mass is 32.2. The number of benzene rings is 2. The van der Waals surface area contributed by atoms with E-state index in [-0.39, 0.29) is 11.7 Å². The largest absolute Gasteiger partial charge is 0.372 e. The zero-order valence-corrected chi connectivity index (χ0v) is 17.9. The van der Waals surface area contributed by atoms with Gasteiger partial charge in [-0.05, 0) is 56.2 Å². The number of anilines is 1. The molecule has 0 bridgehead atoms. The standard InChI is InChI=1S/C23H26N4OS/c1-4-27(5-2)19-12-10-18(11-13-19)15-24-26-22(28)16-29-23-14-17(3)20-8-6-7-9-21(20)25-23/h6-15H,4-5,16H2,1-3H3,(H,26,28). The second-order valence-electron chi connectivity index (χ2n) is 6.64. The summed E-state index contributed by atoms with van der Waals surface area (Å²) in [6.45, 7) is 8.29. The van der Waals surface area contributed by atoms with Crippen molar-refractivity contribution < 1.29 is 4.79 Å². The molecular weight excluding hydrogens is 380 g/mol. The fourth-order valence-corrected chi connectivity index (χ4v) is 3.87. The molecule has 0 aliphatic carbocycles. The molecule has 150 valence electrons. The molecule has 0 spiro atoms. The van der Waals surface area contributed by atoms with E-state index in [9.17, 15) is 4.79 Å². The Hall–Kier alpha value is -2.86. The Morgan fingerprint density at radius 2 is 1.86 bits per heavy atom. The molecule has 1 aromatic heterocycles. The van der Waals surface area contributed by atoms with E-state index in [1.54, 1.807) is 6.21 Å². The molecule has 1 N–H and O–H groups in total. The highest BCUT2D eigenvalue weighted by Crippen LogP contribution is 2.23. The first-order chi connectivity index (χ1) is 14.1. The van der Waals surface area contributed by atoms with E-state index in [1.165, 1.54) is 17.4 Å². The Morgan fingerprint density at radius 3 is 2.59 bits per heavy atom. The highest BCUT2D eigenvalue weighted by Gasteiger charge is 2.06. The van der Waals surface area contributed by atoms with Crippen LogP contribution in [0.15, 0.2) is 64.7 Å². The number of aromatic nitrogens is 1. The predicted octanol–water partition coefficient (Wildman–Crippen LogP) is 4.63. The van der Waals surface area contributed by atoms with Gasteiger partial charge in [-0.1, -0.05) is 42.1 Å². The number of nitrogens with one attached hydrogen (secondary N) is 1. The third kappa shape index (κ3) is 5.57. The Morgan fingerprint density at radius 1 is 1.14 bits per heavy atom. The summed E-state index contributed by atoms with van der Waals surface area (Å²) in [6, 6.07) is 18.2. The van der Waals surface area contributed by atoms with Gasteiger partial charge in [0, 0.05) is 24.2 Å². The first kappa shape index (κ1) is 20.9. The van der Waals surface area contributed by atoms with Crippen molar-refractivity contribution in [3.05, 3.63) is 65.7 Å². The maximum absolute atomic E-state index is 12.1. The van der Waals surface area contributed by atoms with Crippen LogP contribution >= 0.6 is 11.8 Å². The number of hydrazone groups is 1. The Balaban J connectivity index is 1.52. The average molecular weight is 407 g/mol. The summed E-state index contributed by atoms with van der Waals surface area (Å²) in [5.41, 5.74) is 6.82. The van der Waals surface area contributed by atoms with Crippen LogP contribution in [0.5, 0.6) is 0 Å². The van der Waals surface area contributed by atoms with Gasteiger partial charge >= 0.3 is 0 Å². The van der Waals surface area contributed by atoms with Crippen LogP contribution in [-0.2, 0) is 4.79 Å². The molecule has 29 heavy (non-hydrogen) atoms. The summed E-state index contributed by atoms with van der Waals surface area (Å²) in [4.78, 5) is 19.0. The zero-order chi connectivity index (χ0) is 20.6. The first-order valence-electron chi connectivity index (χ1n) is 9.76. The molecule has 1 heterocycles. The molecule has 2 aromatic carbocycles. The van der Waals surface area contributed by atoms with E-state index in [1.807, 2.05) is 36.4 Å². The highest BCUT2D eigenvalue weighted by molar-refractivity contribution is 7.99. The van der Waals surface area contributed by atoms with Crippen LogP contribution in [-0.4, -0.2) is 35.9 Å². The van der Waals surface area contributed by atoms with Gasteiger partial charge in [0.05, 0.1) is 22.5 Å². The number of thioether (sulfide) groups is 1. The minimum absolute atomic E-state index is 0.154. The lowest BCUT2D eigenvalue weighted by Gasteiger charge is -2.20. The van der Waals surface area contributed by atoms with Crippen LogP contribution in [0.2, 0.25) is 0 Å². The van der Waals surface area contributed by atoms with E-state index in [0.29, 0.717) is 0 Å². The third-order valence-electron chi connectivity index (χ3n) is 4.68. The van der Waals surface area contributed by atoms with Crippen LogP contribution in [0, 0.1) is 6.92 Å². The van der Waals surface area contributed by atoms with Gasteiger partial charge in [-0.25, -0.2) is 10.4 Å². The van der Waals surface area contributed by atoms with Gasteiger partial charge in [0.1, 0.15) is 0 Å². The zero-order valence-electron chi connectivity index (χ0n) is 17.1. The lowest BCUT2D eigenvalue weighted by molar-refractivity contribution is -0.118. The maximum atomic E-state index is 12.1. The van der Waals surface area contributed by atoms with Gasteiger partial charge < -0.3 is 4.90 Å². The van der Waals surface area contributed by atoms with Crippen LogP contribution in [0.25, 0.3) is 10.9 Å². The molecular formula is C23H26N4OS. The third-order valence-corrected chi connectivity index (χ3v) is 5.59. The Bertz CT molecular complexity index is 997. The number of fused-ring (bicyclic) bond motifs is 1. The fraction of sp³-hybridized carbons (Fsp3) is 0.261. The van der Waals surface area contributed by atoms with Crippen LogP contribution < -0.4 is 10.3 Å². The summed E-state index contributed by atoms with van der Waals surface area (Å²) in [5.74, 6) is 0.113. The molecule has 3 aromatic rings. The molecule has 3 rings (SSSR count). The van der Waals surface area contributed by atoms with Crippen molar-refractivity contribution in [3.8, 4) is 0 Å².